The van der Waals surface area contributed by atoms with Crippen LogP contribution in [0.3, 0.4) is 0 Å². The lowest BCUT2D eigenvalue weighted by atomic mass is 10.2. The molecule has 2 nitrogen and oxygen atoms in total. The molecule has 18 heavy (non-hydrogen) atoms. The molecule has 3 rings (SSSR count). The Hall–Kier alpha value is -1.58. The van der Waals surface area contributed by atoms with Gasteiger partial charge >= 0.3 is 0 Å². The van der Waals surface area contributed by atoms with Gasteiger partial charge in [-0.05, 0) is 36.8 Å². The van der Waals surface area contributed by atoms with Crippen molar-refractivity contribution in [2.45, 2.75) is 6.92 Å². The average molecular weight is 276 g/mol. The van der Waals surface area contributed by atoms with E-state index in [0.717, 1.165) is 21.3 Å². The third kappa shape index (κ3) is 1.67. The lowest BCUT2D eigenvalue weighted by molar-refractivity contribution is 1.12. The van der Waals surface area contributed by atoms with E-state index in [9.17, 15) is 4.79 Å². The Balaban J connectivity index is 2.36. The topological polar surface area (TPSA) is 22.0 Å². The van der Waals surface area contributed by atoms with Crippen molar-refractivity contribution in [3.8, 4) is 5.69 Å². The predicted molar refractivity (Wildman–Crippen MR) is 77.2 cm³/mol. The second kappa shape index (κ2) is 4.26. The number of rotatable bonds is 1. The summed E-state index contributed by atoms with van der Waals surface area (Å²) < 4.78 is 2.69. The molecule has 3 aromatic rings. The summed E-state index contributed by atoms with van der Waals surface area (Å²) in [6, 6.07) is 13.2. The van der Waals surface area contributed by atoms with Crippen molar-refractivity contribution < 1.29 is 0 Å². The van der Waals surface area contributed by atoms with Gasteiger partial charge < -0.3 is 0 Å². The van der Waals surface area contributed by atoms with Crippen molar-refractivity contribution in [2.24, 2.45) is 0 Å². The minimum atomic E-state index is 0.0148. The smallest absolute Gasteiger partial charge is 0.267 e. The molecule has 0 unspecified atom stereocenters. The molecule has 0 spiro atoms. The number of fused-ring (bicyclic) bond motifs is 1. The van der Waals surface area contributed by atoms with E-state index < -0.39 is 0 Å². The van der Waals surface area contributed by atoms with Gasteiger partial charge in [0.15, 0.2) is 0 Å². The highest BCUT2D eigenvalue weighted by molar-refractivity contribution is 7.14. The van der Waals surface area contributed by atoms with E-state index in [1.165, 1.54) is 11.5 Å². The Morgan fingerprint density at radius 3 is 2.67 bits per heavy atom. The molecule has 0 atom stereocenters. The number of aromatic nitrogens is 1. The zero-order valence-electron chi connectivity index (χ0n) is 9.68. The second-order valence-electron chi connectivity index (χ2n) is 4.07. The Morgan fingerprint density at radius 1 is 1.11 bits per heavy atom. The fraction of sp³-hybridized carbons (Fsp3) is 0.0714. The maximum absolute atomic E-state index is 12.3. The number of halogens is 1. The highest BCUT2D eigenvalue weighted by atomic mass is 35.5. The summed E-state index contributed by atoms with van der Waals surface area (Å²) in [6.45, 7) is 1.93. The van der Waals surface area contributed by atoms with Crippen LogP contribution >= 0.6 is 23.1 Å². The third-order valence-electron chi connectivity index (χ3n) is 2.95. The molecular formula is C14H10ClNOS. The van der Waals surface area contributed by atoms with Gasteiger partial charge in [-0.1, -0.05) is 41.3 Å². The zero-order chi connectivity index (χ0) is 12.7. The molecule has 1 heterocycles. The minimum absolute atomic E-state index is 0.0148. The van der Waals surface area contributed by atoms with Crippen molar-refractivity contribution >= 4 is 33.2 Å². The van der Waals surface area contributed by atoms with E-state index >= 15 is 0 Å². The van der Waals surface area contributed by atoms with Crippen LogP contribution in [-0.4, -0.2) is 3.96 Å². The van der Waals surface area contributed by atoms with Crippen LogP contribution in [0, 0.1) is 6.92 Å². The van der Waals surface area contributed by atoms with Gasteiger partial charge in [0.25, 0.3) is 5.56 Å². The first-order valence-corrected chi connectivity index (χ1v) is 6.70. The van der Waals surface area contributed by atoms with Crippen molar-refractivity contribution in [1.29, 1.82) is 0 Å². The maximum Gasteiger partial charge on any atom is 0.273 e. The standard InChI is InChI=1S/C14H10ClNOS/c1-9-11(15)6-4-7-12(9)16-14(17)10-5-2-3-8-13(10)18-16/h2-8H,1H3. The van der Waals surface area contributed by atoms with Gasteiger partial charge in [-0.25, -0.2) is 3.96 Å². The van der Waals surface area contributed by atoms with E-state index in [2.05, 4.69) is 0 Å². The average Bonchev–Trinajstić information content (AvgIpc) is 2.71. The van der Waals surface area contributed by atoms with E-state index in [4.69, 9.17) is 11.6 Å². The lowest BCUT2D eigenvalue weighted by Gasteiger charge is -2.05. The Morgan fingerprint density at radius 2 is 1.89 bits per heavy atom. The fourth-order valence-electron chi connectivity index (χ4n) is 1.95. The molecule has 0 aliphatic heterocycles. The van der Waals surface area contributed by atoms with Crippen LogP contribution in [0.15, 0.2) is 47.3 Å². The van der Waals surface area contributed by atoms with Crippen molar-refractivity contribution in [3.05, 3.63) is 63.4 Å². The summed E-state index contributed by atoms with van der Waals surface area (Å²) in [5.41, 5.74) is 1.79. The largest absolute Gasteiger partial charge is 0.273 e. The molecule has 0 bridgehead atoms. The predicted octanol–water partition coefficient (Wildman–Crippen LogP) is 4.01. The van der Waals surface area contributed by atoms with Crippen LogP contribution in [0.2, 0.25) is 5.02 Å². The molecular weight excluding hydrogens is 266 g/mol. The van der Waals surface area contributed by atoms with E-state index in [1.807, 2.05) is 49.4 Å². The van der Waals surface area contributed by atoms with Gasteiger partial charge in [0, 0.05) is 5.02 Å². The van der Waals surface area contributed by atoms with Crippen LogP contribution in [0.5, 0.6) is 0 Å². The molecule has 2 aromatic carbocycles. The molecule has 0 amide bonds. The Kier molecular flexibility index (Phi) is 2.73. The Labute approximate surface area is 113 Å². The summed E-state index contributed by atoms with van der Waals surface area (Å²) in [5.74, 6) is 0. The van der Waals surface area contributed by atoms with Crippen LogP contribution in [0.4, 0.5) is 0 Å². The highest BCUT2D eigenvalue weighted by Gasteiger charge is 2.11. The minimum Gasteiger partial charge on any atom is -0.267 e. The van der Waals surface area contributed by atoms with Crippen LogP contribution in [0.25, 0.3) is 15.8 Å². The quantitative estimate of drug-likeness (QED) is 0.658. The summed E-state index contributed by atoms with van der Waals surface area (Å²) in [6.07, 6.45) is 0. The van der Waals surface area contributed by atoms with E-state index in [0.29, 0.717) is 5.02 Å². The molecule has 90 valence electrons. The molecule has 1 aromatic heterocycles. The van der Waals surface area contributed by atoms with Crippen molar-refractivity contribution in [2.75, 3.05) is 0 Å². The summed E-state index contributed by atoms with van der Waals surface area (Å²) in [7, 11) is 0. The van der Waals surface area contributed by atoms with Crippen LogP contribution < -0.4 is 5.56 Å². The molecule has 0 fully saturated rings. The number of hydrogen-bond donors (Lipinski definition) is 0. The molecule has 0 N–H and O–H groups in total. The molecule has 0 radical (unpaired) electrons. The van der Waals surface area contributed by atoms with Gasteiger partial charge in [0.05, 0.1) is 15.8 Å². The fourth-order valence-corrected chi connectivity index (χ4v) is 3.18. The molecule has 0 saturated carbocycles. The number of nitrogens with zero attached hydrogens (tertiary/aromatic N) is 1. The van der Waals surface area contributed by atoms with Crippen molar-refractivity contribution in [1.82, 2.24) is 3.96 Å². The first kappa shape index (κ1) is 11.5. The molecule has 0 aliphatic carbocycles. The summed E-state index contributed by atoms with van der Waals surface area (Å²) >= 11 is 7.55. The lowest BCUT2D eigenvalue weighted by Crippen LogP contribution is -2.11. The third-order valence-corrected chi connectivity index (χ3v) is 4.46. The highest BCUT2D eigenvalue weighted by Crippen LogP contribution is 2.25. The van der Waals surface area contributed by atoms with Gasteiger partial charge in [-0.2, -0.15) is 0 Å². The first-order valence-electron chi connectivity index (χ1n) is 5.55. The maximum atomic E-state index is 12.3. The number of benzene rings is 2. The summed E-state index contributed by atoms with van der Waals surface area (Å²) in [5, 5.41) is 1.43. The Bertz CT molecular complexity index is 788. The normalized spacial score (nSPS) is 11.0. The van der Waals surface area contributed by atoms with E-state index in [1.54, 1.807) is 3.96 Å². The van der Waals surface area contributed by atoms with Crippen LogP contribution in [-0.2, 0) is 0 Å². The van der Waals surface area contributed by atoms with Crippen LogP contribution in [0.1, 0.15) is 5.56 Å². The van der Waals surface area contributed by atoms with E-state index in [-0.39, 0.29) is 5.56 Å². The molecule has 4 heteroatoms. The monoisotopic (exact) mass is 275 g/mol. The zero-order valence-corrected chi connectivity index (χ0v) is 11.3. The van der Waals surface area contributed by atoms with Gasteiger partial charge in [0.1, 0.15) is 0 Å². The SMILES string of the molecule is Cc1c(Cl)cccc1-n1sc2ccccc2c1=O. The van der Waals surface area contributed by atoms with Crippen molar-refractivity contribution in [3.63, 3.8) is 0 Å². The van der Waals surface area contributed by atoms with Gasteiger partial charge in [-0.3, -0.25) is 4.79 Å². The molecule has 0 aliphatic rings. The molecule has 0 saturated heterocycles. The van der Waals surface area contributed by atoms with Gasteiger partial charge in [-0.15, -0.1) is 0 Å². The summed E-state index contributed by atoms with van der Waals surface area (Å²) in [4.78, 5) is 12.3. The number of hydrogen-bond acceptors (Lipinski definition) is 2. The first-order chi connectivity index (χ1) is 8.68. The second-order valence-corrected chi connectivity index (χ2v) is 5.47. The van der Waals surface area contributed by atoms with Gasteiger partial charge in [0.2, 0.25) is 0 Å².